The Bertz CT molecular complexity index is 304. The maximum absolute atomic E-state index is 9.67. The number of anilines is 1. The summed E-state index contributed by atoms with van der Waals surface area (Å²) in [7, 11) is 0. The van der Waals surface area contributed by atoms with E-state index in [0.29, 0.717) is 12.5 Å². The molecule has 15 heavy (non-hydrogen) atoms. The summed E-state index contributed by atoms with van der Waals surface area (Å²) in [6, 6.07) is 3.78. The number of pyridine rings is 1. The van der Waals surface area contributed by atoms with Crippen LogP contribution in [-0.4, -0.2) is 22.7 Å². The number of halogens is 1. The standard InChI is InChI=1S/C11H17BrN2O/c1-8(2)6-9(15)7-14-11-10(12)4-3-5-13-11/h3-5,8-9,15H,6-7H2,1-2H3,(H,13,14). The van der Waals surface area contributed by atoms with E-state index in [4.69, 9.17) is 0 Å². The highest BCUT2D eigenvalue weighted by atomic mass is 79.9. The molecule has 0 fully saturated rings. The Morgan fingerprint density at radius 3 is 2.87 bits per heavy atom. The quantitative estimate of drug-likeness (QED) is 0.867. The number of nitrogens with zero attached hydrogens (tertiary/aromatic N) is 1. The van der Waals surface area contributed by atoms with Crippen LogP contribution in [0.5, 0.6) is 0 Å². The van der Waals surface area contributed by atoms with Crippen LogP contribution < -0.4 is 5.32 Å². The molecule has 0 saturated carbocycles. The summed E-state index contributed by atoms with van der Waals surface area (Å²) in [6.07, 6.45) is 2.21. The highest BCUT2D eigenvalue weighted by Crippen LogP contribution is 2.18. The van der Waals surface area contributed by atoms with E-state index in [0.717, 1.165) is 16.7 Å². The lowest BCUT2D eigenvalue weighted by Gasteiger charge is -2.14. The molecule has 0 radical (unpaired) electrons. The van der Waals surface area contributed by atoms with E-state index < -0.39 is 0 Å². The molecule has 1 aromatic rings. The maximum Gasteiger partial charge on any atom is 0.140 e. The van der Waals surface area contributed by atoms with Gasteiger partial charge in [-0.05, 0) is 40.4 Å². The van der Waals surface area contributed by atoms with Gasteiger partial charge in [0.1, 0.15) is 5.82 Å². The van der Waals surface area contributed by atoms with Crippen molar-refractivity contribution < 1.29 is 5.11 Å². The summed E-state index contributed by atoms with van der Waals surface area (Å²) < 4.78 is 0.918. The molecule has 2 N–H and O–H groups in total. The van der Waals surface area contributed by atoms with Crippen LogP contribution in [0.1, 0.15) is 20.3 Å². The van der Waals surface area contributed by atoms with E-state index in [9.17, 15) is 5.11 Å². The number of rotatable bonds is 5. The molecule has 0 amide bonds. The summed E-state index contributed by atoms with van der Waals surface area (Å²) >= 11 is 3.39. The van der Waals surface area contributed by atoms with Crippen molar-refractivity contribution in [2.24, 2.45) is 5.92 Å². The summed E-state index contributed by atoms with van der Waals surface area (Å²) in [5, 5.41) is 12.8. The van der Waals surface area contributed by atoms with Gasteiger partial charge < -0.3 is 10.4 Å². The van der Waals surface area contributed by atoms with E-state index in [1.165, 1.54) is 0 Å². The third-order valence-corrected chi connectivity index (χ3v) is 2.65. The van der Waals surface area contributed by atoms with Crippen molar-refractivity contribution in [3.8, 4) is 0 Å². The van der Waals surface area contributed by atoms with Crippen molar-refractivity contribution in [3.05, 3.63) is 22.8 Å². The fourth-order valence-corrected chi connectivity index (χ4v) is 1.75. The lowest BCUT2D eigenvalue weighted by atomic mass is 10.1. The highest BCUT2D eigenvalue weighted by molar-refractivity contribution is 9.10. The molecule has 0 aliphatic carbocycles. The zero-order valence-electron chi connectivity index (χ0n) is 9.07. The molecule has 1 unspecified atom stereocenters. The molecule has 0 bridgehead atoms. The molecule has 3 nitrogen and oxygen atoms in total. The Kier molecular flexibility index (Phi) is 5.05. The first-order valence-corrected chi connectivity index (χ1v) is 5.91. The van der Waals surface area contributed by atoms with Gasteiger partial charge in [-0.2, -0.15) is 0 Å². The Morgan fingerprint density at radius 2 is 2.27 bits per heavy atom. The molecule has 0 saturated heterocycles. The van der Waals surface area contributed by atoms with Crippen molar-refractivity contribution in [2.45, 2.75) is 26.4 Å². The monoisotopic (exact) mass is 272 g/mol. The van der Waals surface area contributed by atoms with Crippen molar-refractivity contribution >= 4 is 21.7 Å². The minimum atomic E-state index is -0.320. The fraction of sp³-hybridized carbons (Fsp3) is 0.545. The Balaban J connectivity index is 2.40. The second-order valence-corrected chi connectivity index (χ2v) is 4.85. The van der Waals surface area contributed by atoms with Crippen molar-refractivity contribution in [2.75, 3.05) is 11.9 Å². The summed E-state index contributed by atoms with van der Waals surface area (Å²) in [5.74, 6) is 1.29. The highest BCUT2D eigenvalue weighted by Gasteiger charge is 2.07. The number of aliphatic hydroxyl groups is 1. The molecule has 1 atom stereocenters. The van der Waals surface area contributed by atoms with Gasteiger partial charge >= 0.3 is 0 Å². The largest absolute Gasteiger partial charge is 0.391 e. The van der Waals surface area contributed by atoms with Gasteiger partial charge in [-0.15, -0.1) is 0 Å². The third kappa shape index (κ3) is 4.62. The number of nitrogens with one attached hydrogen (secondary N) is 1. The van der Waals surface area contributed by atoms with E-state index in [1.807, 2.05) is 12.1 Å². The molecule has 0 aromatic carbocycles. The number of aromatic nitrogens is 1. The zero-order valence-corrected chi connectivity index (χ0v) is 10.7. The van der Waals surface area contributed by atoms with Crippen LogP contribution in [-0.2, 0) is 0 Å². The van der Waals surface area contributed by atoms with Crippen molar-refractivity contribution in [1.82, 2.24) is 4.98 Å². The molecule has 4 heteroatoms. The third-order valence-electron chi connectivity index (χ3n) is 2.01. The lowest BCUT2D eigenvalue weighted by molar-refractivity contribution is 0.161. The van der Waals surface area contributed by atoms with E-state index in [-0.39, 0.29) is 6.10 Å². The SMILES string of the molecule is CC(C)CC(O)CNc1ncccc1Br. The molecule has 0 aliphatic rings. The smallest absolute Gasteiger partial charge is 0.140 e. The lowest BCUT2D eigenvalue weighted by Crippen LogP contribution is -2.21. The first-order chi connectivity index (χ1) is 7.09. The Hall–Kier alpha value is -0.610. The van der Waals surface area contributed by atoms with Crippen LogP contribution in [0.25, 0.3) is 0 Å². The molecule has 1 heterocycles. The van der Waals surface area contributed by atoms with Crippen LogP contribution >= 0.6 is 15.9 Å². The second kappa shape index (κ2) is 6.08. The van der Waals surface area contributed by atoms with Gasteiger partial charge in [-0.1, -0.05) is 13.8 Å². The first kappa shape index (κ1) is 12.5. The van der Waals surface area contributed by atoms with Gasteiger partial charge in [-0.3, -0.25) is 0 Å². The van der Waals surface area contributed by atoms with Crippen LogP contribution in [0, 0.1) is 5.92 Å². The molecule has 0 aliphatic heterocycles. The van der Waals surface area contributed by atoms with Gasteiger partial charge in [0.2, 0.25) is 0 Å². The minimum absolute atomic E-state index is 0.320. The predicted molar refractivity (Wildman–Crippen MR) is 65.9 cm³/mol. The van der Waals surface area contributed by atoms with Gasteiger partial charge in [0.15, 0.2) is 0 Å². The Morgan fingerprint density at radius 1 is 1.53 bits per heavy atom. The minimum Gasteiger partial charge on any atom is -0.391 e. The maximum atomic E-state index is 9.67. The summed E-state index contributed by atoms with van der Waals surface area (Å²) in [6.45, 7) is 4.73. The molecular formula is C11H17BrN2O. The Labute approximate surface area is 99.1 Å². The predicted octanol–water partition coefficient (Wildman–Crippen LogP) is 2.66. The van der Waals surface area contributed by atoms with E-state index in [1.54, 1.807) is 6.20 Å². The van der Waals surface area contributed by atoms with Crippen molar-refractivity contribution in [1.29, 1.82) is 0 Å². The molecule has 1 rings (SSSR count). The van der Waals surface area contributed by atoms with E-state index in [2.05, 4.69) is 40.1 Å². The van der Waals surface area contributed by atoms with Gasteiger partial charge in [0.25, 0.3) is 0 Å². The average molecular weight is 273 g/mol. The average Bonchev–Trinajstić information content (AvgIpc) is 2.15. The molecule has 84 valence electrons. The molecule has 1 aromatic heterocycles. The first-order valence-electron chi connectivity index (χ1n) is 5.12. The summed E-state index contributed by atoms with van der Waals surface area (Å²) in [5.41, 5.74) is 0. The number of aliphatic hydroxyl groups excluding tert-OH is 1. The van der Waals surface area contributed by atoms with Crippen LogP contribution in [0.2, 0.25) is 0 Å². The van der Waals surface area contributed by atoms with Crippen LogP contribution in [0.4, 0.5) is 5.82 Å². The van der Waals surface area contributed by atoms with E-state index >= 15 is 0 Å². The summed E-state index contributed by atoms with van der Waals surface area (Å²) in [4.78, 5) is 4.16. The fourth-order valence-electron chi connectivity index (χ4n) is 1.36. The normalized spacial score (nSPS) is 12.9. The van der Waals surface area contributed by atoms with Gasteiger partial charge in [0.05, 0.1) is 10.6 Å². The van der Waals surface area contributed by atoms with Gasteiger partial charge in [-0.25, -0.2) is 4.98 Å². The topological polar surface area (TPSA) is 45.1 Å². The second-order valence-electron chi connectivity index (χ2n) is 4.00. The van der Waals surface area contributed by atoms with Crippen LogP contribution in [0.3, 0.4) is 0 Å². The van der Waals surface area contributed by atoms with Crippen LogP contribution in [0.15, 0.2) is 22.8 Å². The number of hydrogen-bond acceptors (Lipinski definition) is 3. The van der Waals surface area contributed by atoms with Gasteiger partial charge in [0, 0.05) is 12.7 Å². The molecular weight excluding hydrogens is 256 g/mol. The van der Waals surface area contributed by atoms with Crippen molar-refractivity contribution in [3.63, 3.8) is 0 Å². The molecule has 0 spiro atoms. The zero-order chi connectivity index (χ0) is 11.3. The number of hydrogen-bond donors (Lipinski definition) is 2.